The van der Waals surface area contributed by atoms with Crippen LogP contribution in [0, 0.1) is 0 Å². The van der Waals surface area contributed by atoms with Crippen molar-refractivity contribution in [1.82, 2.24) is 0 Å². The summed E-state index contributed by atoms with van der Waals surface area (Å²) >= 11 is 1.78. The molecule has 1 aromatic carbocycles. The highest BCUT2D eigenvalue weighted by atomic mass is 32.2. The predicted molar refractivity (Wildman–Crippen MR) is 79.6 cm³/mol. The van der Waals surface area contributed by atoms with Crippen molar-refractivity contribution in [2.24, 2.45) is 4.99 Å². The van der Waals surface area contributed by atoms with Gasteiger partial charge in [-0.05, 0) is 25.0 Å². The third-order valence-electron chi connectivity index (χ3n) is 3.25. The highest BCUT2D eigenvalue weighted by Crippen LogP contribution is 2.33. The Morgan fingerprint density at radius 1 is 1.32 bits per heavy atom. The second-order valence-corrected chi connectivity index (χ2v) is 5.70. The van der Waals surface area contributed by atoms with Gasteiger partial charge in [-0.15, -0.1) is 0 Å². The molecule has 2 heterocycles. The SMILES string of the molecule is CCC1CCSC(Nc2ccc3c(c2)OCCO3)=N1. The first-order chi connectivity index (χ1) is 9.35. The minimum absolute atomic E-state index is 0.459. The zero-order chi connectivity index (χ0) is 13.1. The van der Waals surface area contributed by atoms with Crippen LogP contribution in [-0.2, 0) is 0 Å². The smallest absolute Gasteiger partial charge is 0.163 e. The second-order valence-electron chi connectivity index (χ2n) is 4.62. The van der Waals surface area contributed by atoms with Crippen molar-refractivity contribution in [2.75, 3.05) is 24.3 Å². The number of hydrogen-bond donors (Lipinski definition) is 1. The summed E-state index contributed by atoms with van der Waals surface area (Å²) < 4.78 is 11.1. The van der Waals surface area contributed by atoms with E-state index in [9.17, 15) is 0 Å². The molecule has 0 saturated carbocycles. The standard InChI is InChI=1S/C14H18N2O2S/c1-2-10-5-8-19-14(15-10)16-11-3-4-12-13(9-11)18-7-6-17-12/h3-4,9-10H,2,5-8H2,1H3,(H,15,16). The van der Waals surface area contributed by atoms with Crippen LogP contribution >= 0.6 is 11.8 Å². The highest BCUT2D eigenvalue weighted by molar-refractivity contribution is 8.14. The number of nitrogens with zero attached hydrogens (tertiary/aromatic N) is 1. The van der Waals surface area contributed by atoms with Crippen LogP contribution in [0.2, 0.25) is 0 Å². The molecule has 0 aliphatic carbocycles. The molecule has 0 amide bonds. The molecule has 0 spiro atoms. The fourth-order valence-electron chi connectivity index (χ4n) is 2.17. The van der Waals surface area contributed by atoms with Crippen LogP contribution in [0.15, 0.2) is 23.2 Å². The van der Waals surface area contributed by atoms with E-state index < -0.39 is 0 Å². The molecule has 4 nitrogen and oxygen atoms in total. The van der Waals surface area contributed by atoms with Crippen LogP contribution in [-0.4, -0.2) is 30.2 Å². The van der Waals surface area contributed by atoms with E-state index in [-0.39, 0.29) is 0 Å². The number of hydrogen-bond acceptors (Lipinski definition) is 5. The molecule has 0 bridgehead atoms. The Labute approximate surface area is 117 Å². The Morgan fingerprint density at radius 3 is 3.00 bits per heavy atom. The predicted octanol–water partition coefficient (Wildman–Crippen LogP) is 3.14. The van der Waals surface area contributed by atoms with Crippen molar-refractivity contribution >= 4 is 22.6 Å². The van der Waals surface area contributed by atoms with Crippen molar-refractivity contribution in [2.45, 2.75) is 25.8 Å². The van der Waals surface area contributed by atoms with Gasteiger partial charge in [0.1, 0.15) is 13.2 Å². The number of aliphatic imine (C=N–C) groups is 1. The number of anilines is 1. The van der Waals surface area contributed by atoms with Gasteiger partial charge in [0, 0.05) is 17.5 Å². The molecular weight excluding hydrogens is 260 g/mol. The Kier molecular flexibility index (Phi) is 3.82. The Balaban J connectivity index is 1.74. The molecule has 0 saturated heterocycles. The van der Waals surface area contributed by atoms with Gasteiger partial charge in [0.05, 0.1) is 6.04 Å². The maximum Gasteiger partial charge on any atom is 0.163 e. The lowest BCUT2D eigenvalue weighted by Gasteiger charge is -2.21. The number of ether oxygens (including phenoxy) is 2. The van der Waals surface area contributed by atoms with E-state index in [1.807, 2.05) is 18.2 Å². The monoisotopic (exact) mass is 278 g/mol. The minimum Gasteiger partial charge on any atom is -0.486 e. The Morgan fingerprint density at radius 2 is 2.16 bits per heavy atom. The van der Waals surface area contributed by atoms with Crippen molar-refractivity contribution in [3.63, 3.8) is 0 Å². The molecule has 0 radical (unpaired) electrons. The zero-order valence-corrected chi connectivity index (χ0v) is 11.8. The van der Waals surface area contributed by atoms with Crippen LogP contribution in [0.4, 0.5) is 5.69 Å². The summed E-state index contributed by atoms with van der Waals surface area (Å²) in [4.78, 5) is 4.70. The topological polar surface area (TPSA) is 42.8 Å². The summed E-state index contributed by atoms with van der Waals surface area (Å²) in [7, 11) is 0. The molecule has 1 unspecified atom stereocenters. The summed E-state index contributed by atoms with van der Waals surface area (Å²) in [6.07, 6.45) is 2.28. The van der Waals surface area contributed by atoms with Crippen molar-refractivity contribution < 1.29 is 9.47 Å². The minimum atomic E-state index is 0.459. The molecule has 2 aliphatic rings. The van der Waals surface area contributed by atoms with E-state index in [2.05, 4.69) is 12.2 Å². The summed E-state index contributed by atoms with van der Waals surface area (Å²) in [6, 6.07) is 6.39. The molecule has 5 heteroatoms. The molecule has 0 aromatic heterocycles. The molecular formula is C14H18N2O2S. The summed E-state index contributed by atoms with van der Waals surface area (Å²) in [5.74, 6) is 2.76. The summed E-state index contributed by atoms with van der Waals surface area (Å²) in [5, 5.41) is 4.38. The number of amidine groups is 1. The lowest BCUT2D eigenvalue weighted by Crippen LogP contribution is -2.20. The molecule has 3 rings (SSSR count). The van der Waals surface area contributed by atoms with Gasteiger partial charge in [-0.3, -0.25) is 4.99 Å². The van der Waals surface area contributed by atoms with Gasteiger partial charge in [-0.2, -0.15) is 0 Å². The first-order valence-corrected chi connectivity index (χ1v) is 7.71. The first-order valence-electron chi connectivity index (χ1n) is 6.72. The van der Waals surface area contributed by atoms with Crippen molar-refractivity contribution in [3.8, 4) is 11.5 Å². The Bertz CT molecular complexity index is 490. The maximum absolute atomic E-state index is 5.58. The number of benzene rings is 1. The van der Waals surface area contributed by atoms with Crippen LogP contribution < -0.4 is 14.8 Å². The fraction of sp³-hybridized carbons (Fsp3) is 0.500. The molecule has 102 valence electrons. The number of fused-ring (bicyclic) bond motifs is 1. The summed E-state index contributed by atoms with van der Waals surface area (Å²) in [6.45, 7) is 3.43. The average Bonchev–Trinajstić information content (AvgIpc) is 2.47. The van der Waals surface area contributed by atoms with Gasteiger partial charge in [-0.25, -0.2) is 0 Å². The third-order valence-corrected chi connectivity index (χ3v) is 4.18. The lowest BCUT2D eigenvalue weighted by molar-refractivity contribution is 0.171. The van der Waals surface area contributed by atoms with Gasteiger partial charge < -0.3 is 14.8 Å². The maximum atomic E-state index is 5.58. The van der Waals surface area contributed by atoms with Gasteiger partial charge >= 0.3 is 0 Å². The van der Waals surface area contributed by atoms with Gasteiger partial charge in [0.15, 0.2) is 16.7 Å². The quantitative estimate of drug-likeness (QED) is 0.902. The lowest BCUT2D eigenvalue weighted by atomic mass is 10.2. The van der Waals surface area contributed by atoms with Crippen LogP contribution in [0.3, 0.4) is 0 Å². The van der Waals surface area contributed by atoms with Crippen LogP contribution in [0.5, 0.6) is 11.5 Å². The van der Waals surface area contributed by atoms with Gasteiger partial charge in [0.25, 0.3) is 0 Å². The van der Waals surface area contributed by atoms with E-state index in [1.165, 1.54) is 6.42 Å². The highest BCUT2D eigenvalue weighted by Gasteiger charge is 2.16. The third kappa shape index (κ3) is 2.97. The first kappa shape index (κ1) is 12.7. The molecule has 19 heavy (non-hydrogen) atoms. The average molecular weight is 278 g/mol. The normalized spacial score (nSPS) is 21.7. The van der Waals surface area contributed by atoms with E-state index in [0.29, 0.717) is 19.3 Å². The second kappa shape index (κ2) is 5.74. The van der Waals surface area contributed by atoms with E-state index in [0.717, 1.165) is 34.5 Å². The van der Waals surface area contributed by atoms with Gasteiger partial charge in [0.2, 0.25) is 0 Å². The van der Waals surface area contributed by atoms with Crippen LogP contribution in [0.1, 0.15) is 19.8 Å². The zero-order valence-electron chi connectivity index (χ0n) is 11.0. The van der Waals surface area contributed by atoms with E-state index in [1.54, 1.807) is 11.8 Å². The largest absolute Gasteiger partial charge is 0.486 e. The van der Waals surface area contributed by atoms with E-state index in [4.69, 9.17) is 14.5 Å². The summed E-state index contributed by atoms with van der Waals surface area (Å²) in [5.41, 5.74) is 1.01. The van der Waals surface area contributed by atoms with E-state index >= 15 is 0 Å². The fourth-order valence-corrected chi connectivity index (χ4v) is 3.16. The van der Waals surface area contributed by atoms with Crippen LogP contribution in [0.25, 0.3) is 0 Å². The molecule has 1 aromatic rings. The molecule has 1 N–H and O–H groups in total. The number of nitrogens with one attached hydrogen (secondary N) is 1. The van der Waals surface area contributed by atoms with Crippen molar-refractivity contribution in [1.29, 1.82) is 0 Å². The number of thioether (sulfide) groups is 1. The van der Waals surface area contributed by atoms with Crippen molar-refractivity contribution in [3.05, 3.63) is 18.2 Å². The molecule has 0 fully saturated rings. The molecule has 2 aliphatic heterocycles. The number of rotatable bonds is 2. The Hall–Kier alpha value is -1.36. The molecule has 1 atom stereocenters. The van der Waals surface area contributed by atoms with Gasteiger partial charge in [-0.1, -0.05) is 18.7 Å².